The zero-order valence-corrected chi connectivity index (χ0v) is 6.91. The minimum atomic E-state index is 0.463. The van der Waals surface area contributed by atoms with Crippen molar-refractivity contribution in [2.75, 3.05) is 7.05 Å². The fraction of sp³-hybridized carbons (Fsp3) is 0.333. The normalized spacial score (nSPS) is 12.6. The van der Waals surface area contributed by atoms with Gasteiger partial charge in [0, 0.05) is 13.3 Å². The Morgan fingerprint density at radius 2 is 2.36 bits per heavy atom. The quantitative estimate of drug-likeness (QED) is 0.446. The average molecular weight is 148 g/mol. The Balaban J connectivity index is 4.01. The number of hydrogen-bond acceptors (Lipinski definition) is 2. The molecule has 0 aliphatic carbocycles. The van der Waals surface area contributed by atoms with E-state index in [0.717, 1.165) is 5.57 Å². The van der Waals surface area contributed by atoms with E-state index in [4.69, 9.17) is 5.26 Å². The number of aliphatic imine (C=N–C) groups is 1. The molecule has 0 saturated heterocycles. The van der Waals surface area contributed by atoms with Crippen LogP contribution in [-0.2, 0) is 0 Å². The Morgan fingerprint density at radius 1 is 1.64 bits per heavy atom. The summed E-state index contributed by atoms with van der Waals surface area (Å²) >= 11 is 0. The molecule has 0 spiro atoms. The van der Waals surface area contributed by atoms with Gasteiger partial charge in [0.1, 0.15) is 0 Å². The van der Waals surface area contributed by atoms with Crippen molar-refractivity contribution in [2.45, 2.75) is 13.3 Å². The number of hydrogen-bond donors (Lipinski definition) is 0. The summed E-state index contributed by atoms with van der Waals surface area (Å²) in [4.78, 5) is 3.78. The van der Waals surface area contributed by atoms with Gasteiger partial charge in [-0.05, 0) is 18.6 Å². The van der Waals surface area contributed by atoms with Crippen LogP contribution in [0.5, 0.6) is 0 Å². The lowest BCUT2D eigenvalue weighted by Gasteiger charge is -1.88. The smallest absolute Gasteiger partial charge is 0.0669 e. The minimum absolute atomic E-state index is 0.463. The molecule has 58 valence electrons. The Morgan fingerprint density at radius 3 is 2.82 bits per heavy atom. The van der Waals surface area contributed by atoms with Crippen LogP contribution in [0.25, 0.3) is 0 Å². The molecule has 0 rings (SSSR count). The van der Waals surface area contributed by atoms with Crippen LogP contribution < -0.4 is 0 Å². The summed E-state index contributed by atoms with van der Waals surface area (Å²) in [5, 5.41) is 8.37. The largest absolute Gasteiger partial charge is 0.297 e. The van der Waals surface area contributed by atoms with Gasteiger partial charge in [0.2, 0.25) is 0 Å². The van der Waals surface area contributed by atoms with Crippen LogP contribution in [0.15, 0.2) is 28.8 Å². The van der Waals surface area contributed by atoms with E-state index in [1.54, 1.807) is 13.3 Å². The van der Waals surface area contributed by atoms with E-state index >= 15 is 0 Å². The molecule has 0 amide bonds. The lowest BCUT2D eigenvalue weighted by atomic mass is 10.2. The molecular formula is C9H12N2. The molecule has 2 nitrogen and oxygen atoms in total. The molecule has 0 radical (unpaired) electrons. The van der Waals surface area contributed by atoms with Gasteiger partial charge in [-0.15, -0.1) is 0 Å². The molecule has 2 heteroatoms. The maximum absolute atomic E-state index is 8.37. The van der Waals surface area contributed by atoms with Crippen LogP contribution in [0.4, 0.5) is 0 Å². The van der Waals surface area contributed by atoms with E-state index in [9.17, 15) is 0 Å². The fourth-order valence-corrected chi connectivity index (χ4v) is 0.601. The molecule has 0 aliphatic heterocycles. The first-order valence-corrected chi connectivity index (χ1v) is 3.46. The first-order chi connectivity index (χ1) is 5.35. The standard InChI is InChI=1S/C9H12N2/c1-3-9(6-7-10)5-4-8-11-2/h3-5,8H,6H2,1-2H3/b5-4-,9-3+,11-8?. The van der Waals surface area contributed by atoms with Gasteiger partial charge in [-0.25, -0.2) is 0 Å². The van der Waals surface area contributed by atoms with E-state index in [2.05, 4.69) is 11.1 Å². The van der Waals surface area contributed by atoms with E-state index in [0.29, 0.717) is 6.42 Å². The van der Waals surface area contributed by atoms with Crippen molar-refractivity contribution in [2.24, 2.45) is 4.99 Å². The molecule has 0 aromatic rings. The molecule has 0 fully saturated rings. The maximum Gasteiger partial charge on any atom is 0.0669 e. The SMILES string of the molecule is C/C=C(\C=C/C=NC)CC#N. The average Bonchev–Trinajstić information content (AvgIpc) is 2.03. The first kappa shape index (κ1) is 9.64. The lowest BCUT2D eigenvalue weighted by molar-refractivity contribution is 1.26. The van der Waals surface area contributed by atoms with E-state index in [1.165, 1.54) is 0 Å². The van der Waals surface area contributed by atoms with Gasteiger partial charge in [0.25, 0.3) is 0 Å². The summed E-state index contributed by atoms with van der Waals surface area (Å²) in [6, 6.07) is 2.08. The van der Waals surface area contributed by atoms with E-state index in [-0.39, 0.29) is 0 Å². The maximum atomic E-state index is 8.37. The Bertz CT molecular complexity index is 216. The van der Waals surface area contributed by atoms with Crippen molar-refractivity contribution < 1.29 is 0 Å². The highest BCUT2D eigenvalue weighted by Gasteiger charge is 1.85. The third kappa shape index (κ3) is 5.10. The molecule has 0 bridgehead atoms. The van der Waals surface area contributed by atoms with Gasteiger partial charge in [-0.3, -0.25) is 4.99 Å². The van der Waals surface area contributed by atoms with Gasteiger partial charge in [0.05, 0.1) is 12.5 Å². The molecule has 0 saturated carbocycles. The van der Waals surface area contributed by atoms with Crippen molar-refractivity contribution in [1.82, 2.24) is 0 Å². The van der Waals surface area contributed by atoms with Gasteiger partial charge in [-0.2, -0.15) is 5.26 Å². The fourth-order valence-electron chi connectivity index (χ4n) is 0.601. The van der Waals surface area contributed by atoms with Gasteiger partial charge in [-0.1, -0.05) is 12.2 Å². The van der Waals surface area contributed by atoms with Crippen molar-refractivity contribution in [3.63, 3.8) is 0 Å². The van der Waals surface area contributed by atoms with Crippen LogP contribution in [0, 0.1) is 11.3 Å². The van der Waals surface area contributed by atoms with Gasteiger partial charge < -0.3 is 0 Å². The van der Waals surface area contributed by atoms with Crippen LogP contribution >= 0.6 is 0 Å². The van der Waals surface area contributed by atoms with Crippen molar-refractivity contribution in [3.05, 3.63) is 23.8 Å². The molecule has 0 atom stereocenters. The summed E-state index contributed by atoms with van der Waals surface area (Å²) in [6.45, 7) is 1.92. The molecule has 0 N–H and O–H groups in total. The van der Waals surface area contributed by atoms with Gasteiger partial charge in [0.15, 0.2) is 0 Å². The van der Waals surface area contributed by atoms with E-state index < -0.39 is 0 Å². The zero-order valence-electron chi connectivity index (χ0n) is 6.91. The predicted molar refractivity (Wildman–Crippen MR) is 47.5 cm³/mol. The second kappa shape index (κ2) is 6.76. The topological polar surface area (TPSA) is 36.1 Å². The highest BCUT2D eigenvalue weighted by atomic mass is 14.6. The first-order valence-electron chi connectivity index (χ1n) is 3.46. The Hall–Kier alpha value is -1.36. The highest BCUT2D eigenvalue weighted by Crippen LogP contribution is 2.00. The molecular weight excluding hydrogens is 136 g/mol. The zero-order chi connectivity index (χ0) is 8.53. The summed E-state index contributed by atoms with van der Waals surface area (Å²) in [5.74, 6) is 0. The molecule has 0 heterocycles. The van der Waals surface area contributed by atoms with Crippen LogP contribution in [0.3, 0.4) is 0 Å². The Labute approximate surface area is 67.6 Å². The summed E-state index contributed by atoms with van der Waals surface area (Å²) in [7, 11) is 1.71. The molecule has 0 aromatic heterocycles. The van der Waals surface area contributed by atoms with Crippen molar-refractivity contribution >= 4 is 6.21 Å². The summed E-state index contributed by atoms with van der Waals surface area (Å²) in [5.41, 5.74) is 1.02. The lowest BCUT2D eigenvalue weighted by Crippen LogP contribution is -1.74. The van der Waals surface area contributed by atoms with Crippen LogP contribution in [0.2, 0.25) is 0 Å². The molecule has 0 aliphatic rings. The second-order valence-electron chi connectivity index (χ2n) is 1.96. The summed E-state index contributed by atoms with van der Waals surface area (Å²) < 4.78 is 0. The number of rotatable bonds is 3. The second-order valence-corrected chi connectivity index (χ2v) is 1.96. The third-order valence-corrected chi connectivity index (χ3v) is 1.20. The predicted octanol–water partition coefficient (Wildman–Crippen LogP) is 2.10. The van der Waals surface area contributed by atoms with Gasteiger partial charge >= 0.3 is 0 Å². The Kier molecular flexibility index (Phi) is 5.92. The van der Waals surface area contributed by atoms with Crippen LogP contribution in [0.1, 0.15) is 13.3 Å². The molecule has 11 heavy (non-hydrogen) atoms. The van der Waals surface area contributed by atoms with Crippen molar-refractivity contribution in [3.8, 4) is 6.07 Å². The van der Waals surface area contributed by atoms with E-state index in [1.807, 2.05) is 25.2 Å². The third-order valence-electron chi connectivity index (χ3n) is 1.20. The number of allylic oxidation sites excluding steroid dienone is 4. The number of nitriles is 1. The monoisotopic (exact) mass is 148 g/mol. The minimum Gasteiger partial charge on any atom is -0.297 e. The molecule has 0 unspecified atom stereocenters. The van der Waals surface area contributed by atoms with Crippen molar-refractivity contribution in [1.29, 1.82) is 5.26 Å². The molecule has 0 aromatic carbocycles. The highest BCUT2D eigenvalue weighted by molar-refractivity contribution is 5.71. The number of nitrogens with zero attached hydrogens (tertiary/aromatic N) is 2. The van der Waals surface area contributed by atoms with Crippen LogP contribution in [-0.4, -0.2) is 13.3 Å². The summed E-state index contributed by atoms with van der Waals surface area (Å²) in [6.07, 6.45) is 7.79.